The lowest BCUT2D eigenvalue weighted by molar-refractivity contribution is -0.105. The molecule has 0 aliphatic carbocycles. The number of carbonyl (C=O) groups is 2. The number of benzene rings is 1. The van der Waals surface area contributed by atoms with Crippen LogP contribution < -0.4 is 5.32 Å². The fraction of sp³-hybridized carbons (Fsp3) is 0.333. The minimum atomic E-state index is -0.404. The molecule has 0 fully saturated rings. The molecule has 4 nitrogen and oxygen atoms in total. The van der Waals surface area contributed by atoms with E-state index in [-0.39, 0.29) is 0 Å². The van der Waals surface area contributed by atoms with E-state index in [1.807, 2.05) is 6.92 Å². The quantitative estimate of drug-likeness (QED) is 0.455. The Labute approximate surface area is 94.6 Å². The van der Waals surface area contributed by atoms with Crippen molar-refractivity contribution in [1.29, 1.82) is 0 Å². The molecule has 1 amide bonds. The second-order valence-corrected chi connectivity index (χ2v) is 3.30. The first-order valence-corrected chi connectivity index (χ1v) is 5.26. The van der Waals surface area contributed by atoms with E-state index in [2.05, 4.69) is 5.32 Å². The van der Waals surface area contributed by atoms with E-state index in [1.165, 1.54) is 0 Å². The van der Waals surface area contributed by atoms with Crippen molar-refractivity contribution in [2.45, 2.75) is 19.8 Å². The summed E-state index contributed by atoms with van der Waals surface area (Å²) in [5, 5.41) is 2.47. The van der Waals surface area contributed by atoms with Crippen LogP contribution in [0.5, 0.6) is 0 Å². The highest BCUT2D eigenvalue weighted by molar-refractivity contribution is 5.97. The second-order valence-electron chi connectivity index (χ2n) is 3.30. The van der Waals surface area contributed by atoms with E-state index >= 15 is 0 Å². The molecule has 0 aromatic heterocycles. The van der Waals surface area contributed by atoms with Gasteiger partial charge in [0.05, 0.1) is 17.9 Å². The third-order valence-corrected chi connectivity index (χ3v) is 2.09. The summed E-state index contributed by atoms with van der Waals surface area (Å²) in [5.74, 6) is -0.404. The van der Waals surface area contributed by atoms with E-state index < -0.39 is 5.97 Å². The van der Waals surface area contributed by atoms with Gasteiger partial charge in [-0.1, -0.05) is 25.5 Å². The van der Waals surface area contributed by atoms with Crippen LogP contribution in [0.15, 0.2) is 24.3 Å². The Balaban J connectivity index is 2.69. The van der Waals surface area contributed by atoms with Gasteiger partial charge in [-0.25, -0.2) is 4.79 Å². The molecular weight excluding hydrogens is 206 g/mol. The Morgan fingerprint density at radius 3 is 2.88 bits per heavy atom. The third-order valence-electron chi connectivity index (χ3n) is 2.09. The van der Waals surface area contributed by atoms with Crippen LogP contribution in [0.1, 0.15) is 30.1 Å². The maximum Gasteiger partial charge on any atom is 0.340 e. The predicted molar refractivity (Wildman–Crippen MR) is 61.3 cm³/mol. The van der Waals surface area contributed by atoms with Gasteiger partial charge in [-0.2, -0.15) is 0 Å². The monoisotopic (exact) mass is 221 g/mol. The van der Waals surface area contributed by atoms with Gasteiger partial charge >= 0.3 is 5.97 Å². The number of carbonyl (C=O) groups excluding carboxylic acids is 2. The number of esters is 1. The first-order chi connectivity index (χ1) is 7.79. The average Bonchev–Trinajstić information content (AvgIpc) is 2.30. The van der Waals surface area contributed by atoms with Crippen molar-refractivity contribution >= 4 is 18.1 Å². The van der Waals surface area contributed by atoms with Crippen molar-refractivity contribution in [3.8, 4) is 0 Å². The van der Waals surface area contributed by atoms with Crippen LogP contribution >= 0.6 is 0 Å². The van der Waals surface area contributed by atoms with Gasteiger partial charge in [0.25, 0.3) is 0 Å². The molecule has 0 atom stereocenters. The molecule has 0 saturated heterocycles. The van der Waals surface area contributed by atoms with E-state index in [0.717, 1.165) is 12.8 Å². The SMILES string of the molecule is CCCCOC(=O)c1ccccc1NC=O. The van der Waals surface area contributed by atoms with Gasteiger partial charge in [-0.05, 0) is 18.6 Å². The molecule has 1 N–H and O–H groups in total. The van der Waals surface area contributed by atoms with Gasteiger partial charge in [0, 0.05) is 0 Å². The van der Waals surface area contributed by atoms with Crippen molar-refractivity contribution in [3.63, 3.8) is 0 Å². The van der Waals surface area contributed by atoms with Crippen LogP contribution in [-0.2, 0) is 9.53 Å². The van der Waals surface area contributed by atoms with Crippen molar-refractivity contribution in [3.05, 3.63) is 29.8 Å². The van der Waals surface area contributed by atoms with Gasteiger partial charge in [0.1, 0.15) is 0 Å². The average molecular weight is 221 g/mol. The molecule has 0 spiro atoms. The highest BCUT2D eigenvalue weighted by atomic mass is 16.5. The van der Waals surface area contributed by atoms with Gasteiger partial charge in [-0.15, -0.1) is 0 Å². The predicted octanol–water partition coefficient (Wildman–Crippen LogP) is 2.21. The Bertz CT molecular complexity index is 363. The van der Waals surface area contributed by atoms with Gasteiger partial charge in [-0.3, -0.25) is 4.79 Å². The summed E-state index contributed by atoms with van der Waals surface area (Å²) in [6, 6.07) is 6.76. The highest BCUT2D eigenvalue weighted by Gasteiger charge is 2.11. The molecule has 0 aliphatic heterocycles. The summed E-state index contributed by atoms with van der Waals surface area (Å²) in [4.78, 5) is 22.0. The fourth-order valence-electron chi connectivity index (χ4n) is 1.24. The molecule has 0 unspecified atom stereocenters. The molecule has 1 aromatic carbocycles. The number of hydrogen-bond donors (Lipinski definition) is 1. The summed E-state index contributed by atoms with van der Waals surface area (Å²) in [5.41, 5.74) is 0.852. The normalized spacial score (nSPS) is 9.56. The summed E-state index contributed by atoms with van der Waals surface area (Å²) >= 11 is 0. The maximum atomic E-state index is 11.6. The lowest BCUT2D eigenvalue weighted by Gasteiger charge is -2.07. The lowest BCUT2D eigenvalue weighted by Crippen LogP contribution is -2.09. The highest BCUT2D eigenvalue weighted by Crippen LogP contribution is 2.15. The molecule has 1 rings (SSSR count). The Morgan fingerprint density at radius 2 is 2.19 bits per heavy atom. The van der Waals surface area contributed by atoms with E-state index in [4.69, 9.17) is 4.74 Å². The Hall–Kier alpha value is -1.84. The van der Waals surface area contributed by atoms with E-state index in [0.29, 0.717) is 24.3 Å². The number of unbranched alkanes of at least 4 members (excludes halogenated alkanes) is 1. The number of ether oxygens (including phenoxy) is 1. The van der Waals surface area contributed by atoms with E-state index in [9.17, 15) is 9.59 Å². The minimum Gasteiger partial charge on any atom is -0.462 e. The zero-order valence-corrected chi connectivity index (χ0v) is 9.23. The van der Waals surface area contributed by atoms with Crippen LogP contribution in [0.25, 0.3) is 0 Å². The van der Waals surface area contributed by atoms with Crippen LogP contribution in [0.3, 0.4) is 0 Å². The van der Waals surface area contributed by atoms with Gasteiger partial charge in [0.2, 0.25) is 6.41 Å². The van der Waals surface area contributed by atoms with Crippen molar-refractivity contribution < 1.29 is 14.3 Å². The zero-order chi connectivity index (χ0) is 11.8. The molecule has 0 aliphatic rings. The fourth-order valence-corrected chi connectivity index (χ4v) is 1.24. The molecule has 86 valence electrons. The van der Waals surface area contributed by atoms with Crippen molar-refractivity contribution in [2.24, 2.45) is 0 Å². The summed E-state index contributed by atoms with van der Waals surface area (Å²) < 4.78 is 5.06. The van der Waals surface area contributed by atoms with Crippen LogP contribution in [0.2, 0.25) is 0 Å². The first-order valence-electron chi connectivity index (χ1n) is 5.26. The molecular formula is C12H15NO3. The molecule has 0 radical (unpaired) electrons. The second kappa shape index (κ2) is 6.61. The standard InChI is InChI=1S/C12H15NO3/c1-2-3-8-16-12(15)10-6-4-5-7-11(10)13-9-14/h4-7,9H,2-3,8H2,1H3,(H,13,14). The molecule has 0 heterocycles. The van der Waals surface area contributed by atoms with Crippen LogP contribution in [0.4, 0.5) is 5.69 Å². The molecule has 0 bridgehead atoms. The number of amides is 1. The molecule has 16 heavy (non-hydrogen) atoms. The topological polar surface area (TPSA) is 55.4 Å². The van der Waals surface area contributed by atoms with Crippen LogP contribution in [-0.4, -0.2) is 19.0 Å². The number of para-hydroxylation sites is 1. The largest absolute Gasteiger partial charge is 0.462 e. The third kappa shape index (κ3) is 3.38. The number of hydrogen-bond acceptors (Lipinski definition) is 3. The Kier molecular flexibility index (Phi) is 5.05. The van der Waals surface area contributed by atoms with Gasteiger partial charge in [0.15, 0.2) is 0 Å². The molecule has 1 aromatic rings. The zero-order valence-electron chi connectivity index (χ0n) is 9.23. The summed E-state index contributed by atoms with van der Waals surface area (Å²) in [6.07, 6.45) is 2.36. The maximum absolute atomic E-state index is 11.6. The number of rotatable bonds is 6. The van der Waals surface area contributed by atoms with Crippen LogP contribution in [0, 0.1) is 0 Å². The van der Waals surface area contributed by atoms with Gasteiger partial charge < -0.3 is 10.1 Å². The summed E-state index contributed by atoms with van der Waals surface area (Å²) in [7, 11) is 0. The summed E-state index contributed by atoms with van der Waals surface area (Å²) in [6.45, 7) is 2.43. The molecule has 4 heteroatoms. The van der Waals surface area contributed by atoms with Crippen molar-refractivity contribution in [1.82, 2.24) is 0 Å². The van der Waals surface area contributed by atoms with Crippen molar-refractivity contribution in [2.75, 3.05) is 11.9 Å². The minimum absolute atomic E-state index is 0.380. The smallest absolute Gasteiger partial charge is 0.340 e. The van der Waals surface area contributed by atoms with E-state index in [1.54, 1.807) is 24.3 Å². The Morgan fingerprint density at radius 1 is 1.44 bits per heavy atom. The number of nitrogens with one attached hydrogen (secondary N) is 1. The molecule has 0 saturated carbocycles. The lowest BCUT2D eigenvalue weighted by atomic mass is 10.2. The number of anilines is 1. The first kappa shape index (κ1) is 12.2.